The third-order valence-corrected chi connectivity index (χ3v) is 2.49. The molecule has 0 aliphatic rings. The Hall–Kier alpha value is -1.55. The Bertz CT molecular complexity index is 548. The number of esters is 1. The van der Waals surface area contributed by atoms with E-state index in [4.69, 9.17) is 16.3 Å². The molecule has 0 unspecified atom stereocenters. The molecule has 0 fully saturated rings. The van der Waals surface area contributed by atoms with Crippen molar-refractivity contribution in [1.29, 1.82) is 0 Å². The van der Waals surface area contributed by atoms with E-state index in [-0.39, 0.29) is 5.97 Å². The van der Waals surface area contributed by atoms with E-state index in [0.29, 0.717) is 28.4 Å². The van der Waals surface area contributed by atoms with Crippen molar-refractivity contribution < 1.29 is 9.53 Å². The minimum Gasteiger partial charge on any atom is -0.462 e. The van der Waals surface area contributed by atoms with Gasteiger partial charge >= 0.3 is 5.97 Å². The van der Waals surface area contributed by atoms with Crippen LogP contribution in [-0.2, 0) is 4.74 Å². The first-order chi connectivity index (χ1) is 7.63. The molecule has 5 heteroatoms. The van der Waals surface area contributed by atoms with Crippen LogP contribution in [0, 0.1) is 6.92 Å². The van der Waals surface area contributed by atoms with Crippen LogP contribution >= 0.6 is 11.6 Å². The Morgan fingerprint density at radius 1 is 1.62 bits per heavy atom. The Balaban J connectivity index is 2.62. The van der Waals surface area contributed by atoms with Gasteiger partial charge in [-0.1, -0.05) is 11.6 Å². The lowest BCUT2D eigenvalue weighted by Gasteiger charge is -2.00. The Labute approximate surface area is 97.8 Å². The summed E-state index contributed by atoms with van der Waals surface area (Å²) >= 11 is 5.89. The largest absolute Gasteiger partial charge is 0.462 e. The predicted molar refractivity (Wildman–Crippen MR) is 60.9 cm³/mol. The van der Waals surface area contributed by atoms with Gasteiger partial charge in [0, 0.05) is 11.2 Å². The minimum absolute atomic E-state index is 0.343. The molecule has 0 bridgehead atoms. The van der Waals surface area contributed by atoms with Crippen molar-refractivity contribution in [3.05, 3.63) is 34.6 Å². The molecule has 16 heavy (non-hydrogen) atoms. The summed E-state index contributed by atoms with van der Waals surface area (Å²) in [7, 11) is 0. The SMILES string of the molecule is CCOC(=O)c1c(C)nn2ccc(Cl)cc12. The maximum absolute atomic E-state index is 11.7. The summed E-state index contributed by atoms with van der Waals surface area (Å²) < 4.78 is 6.60. The van der Waals surface area contributed by atoms with Gasteiger partial charge in [-0.05, 0) is 26.0 Å². The van der Waals surface area contributed by atoms with Crippen molar-refractivity contribution >= 4 is 23.1 Å². The highest BCUT2D eigenvalue weighted by molar-refractivity contribution is 6.31. The quantitative estimate of drug-likeness (QED) is 0.755. The lowest BCUT2D eigenvalue weighted by atomic mass is 10.2. The first-order valence-corrected chi connectivity index (χ1v) is 5.33. The molecule has 0 aromatic carbocycles. The molecule has 0 spiro atoms. The zero-order valence-electron chi connectivity index (χ0n) is 9.03. The number of nitrogens with zero attached hydrogens (tertiary/aromatic N) is 2. The van der Waals surface area contributed by atoms with Gasteiger partial charge in [-0.3, -0.25) is 0 Å². The highest BCUT2D eigenvalue weighted by atomic mass is 35.5. The van der Waals surface area contributed by atoms with E-state index in [1.54, 1.807) is 36.7 Å². The zero-order chi connectivity index (χ0) is 11.7. The molecule has 0 N–H and O–H groups in total. The molecule has 0 radical (unpaired) electrons. The molecule has 2 rings (SSSR count). The van der Waals surface area contributed by atoms with E-state index in [1.165, 1.54) is 0 Å². The summed E-state index contributed by atoms with van der Waals surface area (Å²) in [5, 5.41) is 4.78. The molecule has 0 aliphatic heterocycles. The van der Waals surface area contributed by atoms with Gasteiger partial charge in [0.2, 0.25) is 0 Å². The molecule has 0 saturated heterocycles. The van der Waals surface area contributed by atoms with E-state index in [9.17, 15) is 4.79 Å². The number of carbonyl (C=O) groups excluding carboxylic acids is 1. The van der Waals surface area contributed by atoms with Crippen molar-refractivity contribution in [3.8, 4) is 0 Å². The average Bonchev–Trinajstić information content (AvgIpc) is 2.53. The van der Waals surface area contributed by atoms with E-state index in [0.717, 1.165) is 0 Å². The number of carbonyl (C=O) groups is 1. The molecule has 2 heterocycles. The van der Waals surface area contributed by atoms with Crippen molar-refractivity contribution in [2.45, 2.75) is 13.8 Å². The highest BCUT2D eigenvalue weighted by Crippen LogP contribution is 2.19. The van der Waals surface area contributed by atoms with Gasteiger partial charge in [-0.25, -0.2) is 9.31 Å². The van der Waals surface area contributed by atoms with Crippen LogP contribution in [0.15, 0.2) is 18.3 Å². The molecule has 0 amide bonds. The van der Waals surface area contributed by atoms with E-state index in [1.807, 2.05) is 0 Å². The molecule has 84 valence electrons. The summed E-state index contributed by atoms with van der Waals surface area (Å²) in [6, 6.07) is 3.42. The second-order valence-corrected chi connectivity index (χ2v) is 3.79. The predicted octanol–water partition coefficient (Wildman–Crippen LogP) is 2.47. The number of aryl methyl sites for hydroxylation is 1. The normalized spacial score (nSPS) is 10.7. The first kappa shape index (κ1) is 11.0. The number of hydrogen-bond donors (Lipinski definition) is 0. The van der Waals surface area contributed by atoms with Crippen molar-refractivity contribution in [2.75, 3.05) is 6.61 Å². The lowest BCUT2D eigenvalue weighted by Crippen LogP contribution is -2.05. The molecule has 2 aromatic heterocycles. The van der Waals surface area contributed by atoms with Gasteiger partial charge in [0.05, 0.1) is 17.8 Å². The fourth-order valence-electron chi connectivity index (χ4n) is 1.59. The topological polar surface area (TPSA) is 43.6 Å². The number of fused-ring (bicyclic) bond motifs is 1. The summed E-state index contributed by atoms with van der Waals surface area (Å²) in [6.07, 6.45) is 1.72. The van der Waals surface area contributed by atoms with Gasteiger partial charge in [0.25, 0.3) is 0 Å². The van der Waals surface area contributed by atoms with E-state index in [2.05, 4.69) is 5.10 Å². The van der Waals surface area contributed by atoms with Gasteiger partial charge in [-0.15, -0.1) is 0 Å². The molecule has 0 saturated carbocycles. The fourth-order valence-corrected chi connectivity index (χ4v) is 1.75. The number of aromatic nitrogens is 2. The molecule has 4 nitrogen and oxygen atoms in total. The molecule has 0 aliphatic carbocycles. The minimum atomic E-state index is -0.364. The first-order valence-electron chi connectivity index (χ1n) is 4.95. The van der Waals surface area contributed by atoms with Gasteiger partial charge in [0.1, 0.15) is 5.56 Å². The summed E-state index contributed by atoms with van der Waals surface area (Å²) in [5.74, 6) is -0.364. The third-order valence-electron chi connectivity index (χ3n) is 2.25. The van der Waals surface area contributed by atoms with Crippen LogP contribution in [0.1, 0.15) is 23.0 Å². The fraction of sp³-hybridized carbons (Fsp3) is 0.273. The number of hydrogen-bond acceptors (Lipinski definition) is 3. The van der Waals surface area contributed by atoms with Gasteiger partial charge in [-0.2, -0.15) is 5.10 Å². The second kappa shape index (κ2) is 4.14. The zero-order valence-corrected chi connectivity index (χ0v) is 9.78. The van der Waals surface area contributed by atoms with Crippen LogP contribution in [0.25, 0.3) is 5.52 Å². The molecular formula is C11H11ClN2O2. The number of ether oxygens (including phenoxy) is 1. The molecule has 2 aromatic rings. The monoisotopic (exact) mass is 238 g/mol. The van der Waals surface area contributed by atoms with Crippen molar-refractivity contribution in [3.63, 3.8) is 0 Å². The average molecular weight is 239 g/mol. The van der Waals surface area contributed by atoms with Crippen LogP contribution in [-0.4, -0.2) is 22.2 Å². The summed E-state index contributed by atoms with van der Waals surface area (Å²) in [5.41, 5.74) is 1.79. The maximum Gasteiger partial charge on any atom is 0.342 e. The summed E-state index contributed by atoms with van der Waals surface area (Å²) in [4.78, 5) is 11.7. The van der Waals surface area contributed by atoms with Gasteiger partial charge in [0.15, 0.2) is 0 Å². The number of pyridine rings is 1. The summed E-state index contributed by atoms with van der Waals surface area (Å²) in [6.45, 7) is 3.88. The van der Waals surface area contributed by atoms with Crippen molar-refractivity contribution in [1.82, 2.24) is 9.61 Å². The van der Waals surface area contributed by atoms with Crippen LogP contribution < -0.4 is 0 Å². The van der Waals surface area contributed by atoms with E-state index >= 15 is 0 Å². The maximum atomic E-state index is 11.7. The number of rotatable bonds is 2. The Kier molecular flexibility index (Phi) is 2.83. The smallest absolute Gasteiger partial charge is 0.342 e. The van der Waals surface area contributed by atoms with E-state index < -0.39 is 0 Å². The third kappa shape index (κ3) is 1.76. The number of halogens is 1. The highest BCUT2D eigenvalue weighted by Gasteiger charge is 2.18. The Morgan fingerprint density at radius 2 is 2.38 bits per heavy atom. The van der Waals surface area contributed by atoms with Crippen LogP contribution in [0.4, 0.5) is 0 Å². The van der Waals surface area contributed by atoms with Crippen LogP contribution in [0.5, 0.6) is 0 Å². The van der Waals surface area contributed by atoms with Crippen molar-refractivity contribution in [2.24, 2.45) is 0 Å². The molecular weight excluding hydrogens is 228 g/mol. The second-order valence-electron chi connectivity index (χ2n) is 3.36. The Morgan fingerprint density at radius 3 is 3.06 bits per heavy atom. The molecule has 0 atom stereocenters. The van der Waals surface area contributed by atoms with Gasteiger partial charge < -0.3 is 4.74 Å². The standard InChI is InChI=1S/C11H11ClN2O2/c1-3-16-11(15)10-7(2)13-14-5-4-8(12)6-9(10)14/h4-6H,3H2,1-2H3. The van der Waals surface area contributed by atoms with Crippen LogP contribution in [0.3, 0.4) is 0 Å². The lowest BCUT2D eigenvalue weighted by molar-refractivity contribution is 0.0528. The van der Waals surface area contributed by atoms with Crippen LogP contribution in [0.2, 0.25) is 5.02 Å².